The van der Waals surface area contributed by atoms with Gasteiger partial charge >= 0.3 is 0 Å². The fourth-order valence-electron chi connectivity index (χ4n) is 1.46. The van der Waals surface area contributed by atoms with Gasteiger partial charge in [0.05, 0.1) is 0 Å². The Morgan fingerprint density at radius 1 is 1.35 bits per heavy atom. The molecule has 0 heterocycles. The van der Waals surface area contributed by atoms with E-state index in [1.54, 1.807) is 31.3 Å². The summed E-state index contributed by atoms with van der Waals surface area (Å²) >= 11 is 0. The van der Waals surface area contributed by atoms with Gasteiger partial charge in [-0.05, 0) is 38.1 Å². The molecule has 1 aromatic rings. The van der Waals surface area contributed by atoms with Crippen LogP contribution in [0.25, 0.3) is 0 Å². The molecule has 0 atom stereocenters. The van der Waals surface area contributed by atoms with Gasteiger partial charge in [-0.2, -0.15) is 0 Å². The maximum absolute atomic E-state index is 11.3. The molecular weight excluding hydrogens is 218 g/mol. The molecule has 0 spiro atoms. The standard InChI is InChI=1S/C13H19NO3/c1-13(2,8-9-15)17-11-6-4-10(5-7-11)12(16)14-3/h4-7,15H,8-9H2,1-3H3,(H,14,16). The van der Waals surface area contributed by atoms with Gasteiger partial charge in [0.25, 0.3) is 5.91 Å². The smallest absolute Gasteiger partial charge is 0.251 e. The van der Waals surface area contributed by atoms with Gasteiger partial charge in [-0.15, -0.1) is 0 Å². The maximum atomic E-state index is 11.3. The van der Waals surface area contributed by atoms with Gasteiger partial charge in [0.2, 0.25) is 0 Å². The molecule has 1 amide bonds. The summed E-state index contributed by atoms with van der Waals surface area (Å²) in [5, 5.41) is 11.5. The number of amides is 1. The molecule has 4 heteroatoms. The first-order valence-corrected chi connectivity index (χ1v) is 5.60. The van der Waals surface area contributed by atoms with Crippen LogP contribution in [-0.2, 0) is 0 Å². The van der Waals surface area contributed by atoms with Crippen molar-refractivity contribution in [2.45, 2.75) is 25.9 Å². The minimum absolute atomic E-state index is 0.0866. The topological polar surface area (TPSA) is 58.6 Å². The minimum atomic E-state index is -0.413. The van der Waals surface area contributed by atoms with Crippen LogP contribution in [-0.4, -0.2) is 30.3 Å². The zero-order valence-corrected chi connectivity index (χ0v) is 10.5. The number of benzene rings is 1. The van der Waals surface area contributed by atoms with Crippen molar-refractivity contribution in [2.24, 2.45) is 0 Å². The van der Waals surface area contributed by atoms with Crippen LogP contribution in [0.4, 0.5) is 0 Å². The Hall–Kier alpha value is -1.55. The van der Waals surface area contributed by atoms with E-state index in [1.807, 2.05) is 13.8 Å². The number of aliphatic hydroxyl groups is 1. The quantitative estimate of drug-likeness (QED) is 0.817. The first-order chi connectivity index (χ1) is 7.98. The molecule has 0 radical (unpaired) electrons. The fourth-order valence-corrected chi connectivity index (χ4v) is 1.46. The lowest BCUT2D eigenvalue weighted by atomic mass is 10.1. The van der Waals surface area contributed by atoms with Crippen molar-refractivity contribution >= 4 is 5.91 Å². The van der Waals surface area contributed by atoms with Gasteiger partial charge in [-0.25, -0.2) is 0 Å². The number of hydrogen-bond acceptors (Lipinski definition) is 3. The molecule has 1 aromatic carbocycles. The molecule has 0 saturated carbocycles. The van der Waals surface area contributed by atoms with Crippen molar-refractivity contribution < 1.29 is 14.6 Å². The van der Waals surface area contributed by atoms with E-state index in [1.165, 1.54) is 0 Å². The van der Waals surface area contributed by atoms with Gasteiger partial charge in [-0.1, -0.05) is 0 Å². The number of nitrogens with one attached hydrogen (secondary N) is 1. The van der Waals surface area contributed by atoms with Crippen molar-refractivity contribution in [1.29, 1.82) is 0 Å². The molecule has 94 valence electrons. The molecule has 17 heavy (non-hydrogen) atoms. The number of carbonyl (C=O) groups is 1. The largest absolute Gasteiger partial charge is 0.488 e. The number of aliphatic hydroxyl groups excluding tert-OH is 1. The average molecular weight is 237 g/mol. The van der Waals surface area contributed by atoms with E-state index in [-0.39, 0.29) is 12.5 Å². The van der Waals surface area contributed by atoms with Crippen molar-refractivity contribution in [1.82, 2.24) is 5.32 Å². The van der Waals surface area contributed by atoms with Gasteiger partial charge in [-0.3, -0.25) is 4.79 Å². The zero-order chi connectivity index (χ0) is 12.9. The minimum Gasteiger partial charge on any atom is -0.488 e. The van der Waals surface area contributed by atoms with Gasteiger partial charge in [0.1, 0.15) is 11.4 Å². The van der Waals surface area contributed by atoms with Crippen LogP contribution in [0.1, 0.15) is 30.6 Å². The SMILES string of the molecule is CNC(=O)c1ccc(OC(C)(C)CCO)cc1. The molecule has 0 aliphatic carbocycles. The highest BCUT2D eigenvalue weighted by atomic mass is 16.5. The average Bonchev–Trinajstić information content (AvgIpc) is 2.28. The highest BCUT2D eigenvalue weighted by Crippen LogP contribution is 2.21. The Bertz CT molecular complexity index is 371. The van der Waals surface area contributed by atoms with Crippen molar-refractivity contribution in [3.63, 3.8) is 0 Å². The normalized spacial score (nSPS) is 11.1. The van der Waals surface area contributed by atoms with Gasteiger partial charge < -0.3 is 15.2 Å². The van der Waals surface area contributed by atoms with Crippen LogP contribution < -0.4 is 10.1 Å². The summed E-state index contributed by atoms with van der Waals surface area (Å²) < 4.78 is 5.72. The number of rotatable bonds is 5. The van der Waals surface area contributed by atoms with Crippen LogP contribution in [0.3, 0.4) is 0 Å². The Morgan fingerprint density at radius 3 is 2.41 bits per heavy atom. The molecule has 0 bridgehead atoms. The summed E-state index contributed by atoms with van der Waals surface area (Å²) in [5.74, 6) is 0.572. The third-order valence-corrected chi connectivity index (χ3v) is 2.45. The molecular formula is C13H19NO3. The van der Waals surface area contributed by atoms with E-state index >= 15 is 0 Å². The second-order valence-corrected chi connectivity index (χ2v) is 4.44. The summed E-state index contributed by atoms with van der Waals surface area (Å²) in [4.78, 5) is 11.3. The summed E-state index contributed by atoms with van der Waals surface area (Å²) in [7, 11) is 1.59. The van der Waals surface area contributed by atoms with Crippen LogP contribution in [0.2, 0.25) is 0 Å². The molecule has 0 aromatic heterocycles. The lowest BCUT2D eigenvalue weighted by molar-refractivity contribution is 0.0765. The number of hydrogen-bond donors (Lipinski definition) is 2. The van der Waals surface area contributed by atoms with E-state index in [4.69, 9.17) is 9.84 Å². The van der Waals surface area contributed by atoms with Gasteiger partial charge in [0, 0.05) is 25.6 Å². The third-order valence-electron chi connectivity index (χ3n) is 2.45. The second kappa shape index (κ2) is 5.68. The Kier molecular flexibility index (Phi) is 4.52. The molecule has 0 unspecified atom stereocenters. The highest BCUT2D eigenvalue weighted by molar-refractivity contribution is 5.94. The van der Waals surface area contributed by atoms with Crippen LogP contribution in [0.5, 0.6) is 5.75 Å². The van der Waals surface area contributed by atoms with E-state index in [0.717, 1.165) is 0 Å². The molecule has 0 saturated heterocycles. The summed E-state index contributed by atoms with van der Waals surface area (Å²) in [6.45, 7) is 3.91. The first-order valence-electron chi connectivity index (χ1n) is 5.60. The van der Waals surface area contributed by atoms with E-state index in [9.17, 15) is 4.79 Å². The Labute approximate surface area is 102 Å². The lowest BCUT2D eigenvalue weighted by Gasteiger charge is -2.25. The van der Waals surface area contributed by atoms with E-state index < -0.39 is 5.60 Å². The van der Waals surface area contributed by atoms with Gasteiger partial charge in [0.15, 0.2) is 0 Å². The molecule has 4 nitrogen and oxygen atoms in total. The second-order valence-electron chi connectivity index (χ2n) is 4.44. The van der Waals surface area contributed by atoms with Crippen molar-refractivity contribution in [3.8, 4) is 5.75 Å². The third kappa shape index (κ3) is 4.07. The monoisotopic (exact) mass is 237 g/mol. The van der Waals surface area contributed by atoms with Crippen molar-refractivity contribution in [2.75, 3.05) is 13.7 Å². The fraction of sp³-hybridized carbons (Fsp3) is 0.462. The maximum Gasteiger partial charge on any atom is 0.251 e. The van der Waals surface area contributed by atoms with Crippen LogP contribution in [0.15, 0.2) is 24.3 Å². The first kappa shape index (κ1) is 13.5. The van der Waals surface area contributed by atoms with E-state index in [2.05, 4.69) is 5.32 Å². The van der Waals surface area contributed by atoms with Crippen LogP contribution in [0, 0.1) is 0 Å². The number of carbonyl (C=O) groups excluding carboxylic acids is 1. The predicted octanol–water partition coefficient (Wildman–Crippen LogP) is 1.59. The zero-order valence-electron chi connectivity index (χ0n) is 10.5. The van der Waals surface area contributed by atoms with Crippen molar-refractivity contribution in [3.05, 3.63) is 29.8 Å². The van der Waals surface area contributed by atoms with Crippen LogP contribution >= 0.6 is 0 Å². The van der Waals surface area contributed by atoms with E-state index in [0.29, 0.717) is 17.7 Å². The lowest BCUT2D eigenvalue weighted by Crippen LogP contribution is -2.29. The highest BCUT2D eigenvalue weighted by Gasteiger charge is 2.18. The number of ether oxygens (including phenoxy) is 1. The Balaban J connectivity index is 2.71. The summed E-state index contributed by atoms with van der Waals surface area (Å²) in [5.41, 5.74) is 0.184. The molecule has 0 aliphatic heterocycles. The molecule has 1 rings (SSSR count). The molecule has 0 aliphatic rings. The Morgan fingerprint density at radius 2 is 1.94 bits per heavy atom. The molecule has 2 N–H and O–H groups in total. The summed E-state index contributed by atoms with van der Waals surface area (Å²) in [6.07, 6.45) is 0.560. The molecule has 0 fully saturated rings. The predicted molar refractivity (Wildman–Crippen MR) is 66.2 cm³/mol. The summed E-state index contributed by atoms with van der Waals surface area (Å²) in [6, 6.07) is 6.93.